The highest BCUT2D eigenvalue weighted by Gasteiger charge is 2.33. The van der Waals surface area contributed by atoms with Gasteiger partial charge in [0.2, 0.25) is 0 Å². The molecule has 3 heteroatoms. The van der Waals surface area contributed by atoms with Crippen molar-refractivity contribution in [1.82, 2.24) is 9.88 Å². The molecule has 1 saturated heterocycles. The average molecular weight is 300 g/mol. The second kappa shape index (κ2) is 6.81. The molecule has 0 amide bonds. The second-order valence-electron chi connectivity index (χ2n) is 7.39. The summed E-state index contributed by atoms with van der Waals surface area (Å²) in [6.45, 7) is 9.61. The van der Waals surface area contributed by atoms with Crippen LogP contribution in [0.3, 0.4) is 0 Å². The van der Waals surface area contributed by atoms with E-state index in [1.54, 1.807) is 6.92 Å². The molecule has 1 aliphatic heterocycles. The fraction of sp³-hybridized carbons (Fsp3) is 0.632. The van der Waals surface area contributed by atoms with Crippen molar-refractivity contribution in [2.24, 2.45) is 5.41 Å². The van der Waals surface area contributed by atoms with Crippen LogP contribution in [0.15, 0.2) is 24.5 Å². The van der Waals surface area contributed by atoms with E-state index in [0.717, 1.165) is 13.0 Å². The maximum absolute atomic E-state index is 10.5. The summed E-state index contributed by atoms with van der Waals surface area (Å²) in [5.74, 6) is 6.27. The molecule has 1 aliphatic rings. The molecule has 3 nitrogen and oxygen atoms in total. The minimum absolute atomic E-state index is 0.245. The van der Waals surface area contributed by atoms with Gasteiger partial charge in [0.05, 0.1) is 6.54 Å². The first-order valence-electron chi connectivity index (χ1n) is 8.18. The summed E-state index contributed by atoms with van der Waals surface area (Å²) in [5, 5.41) is 10.5. The lowest BCUT2D eigenvalue weighted by molar-refractivity contribution is 0.0127. The molecule has 0 radical (unpaired) electrons. The highest BCUT2D eigenvalue weighted by atomic mass is 16.3. The first-order chi connectivity index (χ1) is 10.3. The van der Waals surface area contributed by atoms with E-state index in [9.17, 15) is 5.11 Å². The fourth-order valence-corrected chi connectivity index (χ4v) is 2.63. The zero-order chi connectivity index (χ0) is 16.2. The van der Waals surface area contributed by atoms with Crippen molar-refractivity contribution in [2.45, 2.75) is 58.6 Å². The first-order valence-corrected chi connectivity index (χ1v) is 8.18. The van der Waals surface area contributed by atoms with Gasteiger partial charge in [0.1, 0.15) is 5.60 Å². The van der Waals surface area contributed by atoms with Crippen molar-refractivity contribution in [3.63, 3.8) is 0 Å². The fourth-order valence-electron chi connectivity index (χ4n) is 2.63. The van der Waals surface area contributed by atoms with Gasteiger partial charge in [-0.2, -0.15) is 0 Å². The van der Waals surface area contributed by atoms with Gasteiger partial charge in [-0.15, -0.1) is 0 Å². The molecule has 0 saturated carbocycles. The molecule has 2 atom stereocenters. The highest BCUT2D eigenvalue weighted by molar-refractivity contribution is 5.19. The standard InChI is InChI=1S/C19H28N2O/c1-18(2,3)19(4,22)11-8-14-21-13-6-5-10-17(21)16-9-7-12-20-15-16/h7,9,12,15,17,22H,5-6,10,13-14H2,1-4H3/t17-,19?/m0/s1. The van der Waals surface area contributed by atoms with Crippen molar-refractivity contribution in [3.05, 3.63) is 30.1 Å². The van der Waals surface area contributed by atoms with E-state index >= 15 is 0 Å². The van der Waals surface area contributed by atoms with Gasteiger partial charge in [-0.1, -0.05) is 45.1 Å². The highest BCUT2D eigenvalue weighted by Crippen LogP contribution is 2.31. The predicted molar refractivity (Wildman–Crippen MR) is 90.3 cm³/mol. The minimum Gasteiger partial charge on any atom is -0.377 e. The van der Waals surface area contributed by atoms with Crippen LogP contribution in [-0.4, -0.2) is 33.7 Å². The largest absolute Gasteiger partial charge is 0.377 e. The molecule has 1 N–H and O–H groups in total. The Morgan fingerprint density at radius 2 is 2.09 bits per heavy atom. The Balaban J connectivity index is 2.08. The molecule has 22 heavy (non-hydrogen) atoms. The molecule has 2 heterocycles. The van der Waals surface area contributed by atoms with E-state index in [0.29, 0.717) is 12.6 Å². The van der Waals surface area contributed by atoms with Gasteiger partial charge < -0.3 is 5.11 Å². The first kappa shape index (κ1) is 17.0. The quantitative estimate of drug-likeness (QED) is 0.850. The molecule has 0 aliphatic carbocycles. The molecule has 1 fully saturated rings. The summed E-state index contributed by atoms with van der Waals surface area (Å²) in [6, 6.07) is 4.55. The summed E-state index contributed by atoms with van der Waals surface area (Å²) in [4.78, 5) is 6.65. The van der Waals surface area contributed by atoms with Crippen LogP contribution in [0.1, 0.15) is 58.6 Å². The summed E-state index contributed by atoms with van der Waals surface area (Å²) in [7, 11) is 0. The third-order valence-electron chi connectivity index (χ3n) is 4.76. The maximum Gasteiger partial charge on any atom is 0.127 e. The van der Waals surface area contributed by atoms with E-state index in [1.165, 1.54) is 18.4 Å². The zero-order valence-corrected chi connectivity index (χ0v) is 14.3. The minimum atomic E-state index is -0.966. The van der Waals surface area contributed by atoms with Crippen molar-refractivity contribution in [3.8, 4) is 11.8 Å². The van der Waals surface area contributed by atoms with Crippen LogP contribution in [0.25, 0.3) is 0 Å². The molecular formula is C19H28N2O. The van der Waals surface area contributed by atoms with Gasteiger partial charge in [-0.25, -0.2) is 0 Å². The smallest absolute Gasteiger partial charge is 0.127 e. The van der Waals surface area contributed by atoms with Gasteiger partial charge in [0, 0.05) is 23.9 Å². The number of pyridine rings is 1. The molecule has 1 unspecified atom stereocenters. The normalized spacial score (nSPS) is 22.5. The Morgan fingerprint density at radius 3 is 2.73 bits per heavy atom. The summed E-state index contributed by atoms with van der Waals surface area (Å²) < 4.78 is 0. The summed E-state index contributed by atoms with van der Waals surface area (Å²) >= 11 is 0. The molecule has 1 aromatic rings. The lowest BCUT2D eigenvalue weighted by atomic mass is 9.78. The Labute approximate surface area is 134 Å². The molecular weight excluding hydrogens is 272 g/mol. The maximum atomic E-state index is 10.5. The van der Waals surface area contributed by atoms with E-state index in [2.05, 4.69) is 27.8 Å². The Morgan fingerprint density at radius 1 is 1.32 bits per heavy atom. The van der Waals surface area contributed by atoms with Crippen LogP contribution in [-0.2, 0) is 0 Å². The van der Waals surface area contributed by atoms with Crippen molar-refractivity contribution >= 4 is 0 Å². The number of likely N-dealkylation sites (tertiary alicyclic amines) is 1. The Kier molecular flexibility index (Phi) is 5.26. The number of aromatic nitrogens is 1. The van der Waals surface area contributed by atoms with Crippen LogP contribution in [0.4, 0.5) is 0 Å². The summed E-state index contributed by atoms with van der Waals surface area (Å²) in [6.07, 6.45) is 7.40. The monoisotopic (exact) mass is 300 g/mol. The van der Waals surface area contributed by atoms with Gasteiger partial charge in [0.25, 0.3) is 0 Å². The Bertz CT molecular complexity index is 534. The number of aliphatic hydroxyl groups is 1. The number of hydrogen-bond acceptors (Lipinski definition) is 3. The van der Waals surface area contributed by atoms with E-state index in [4.69, 9.17) is 0 Å². The zero-order valence-electron chi connectivity index (χ0n) is 14.3. The molecule has 2 rings (SSSR count). The van der Waals surface area contributed by atoms with Gasteiger partial charge >= 0.3 is 0 Å². The van der Waals surface area contributed by atoms with Gasteiger partial charge in [-0.3, -0.25) is 9.88 Å². The molecule has 1 aromatic heterocycles. The van der Waals surface area contributed by atoms with Crippen LogP contribution in [0.2, 0.25) is 0 Å². The van der Waals surface area contributed by atoms with E-state index in [1.807, 2.05) is 39.2 Å². The van der Waals surface area contributed by atoms with Crippen LogP contribution in [0, 0.1) is 17.3 Å². The Hall–Kier alpha value is -1.37. The molecule has 0 spiro atoms. The van der Waals surface area contributed by atoms with Crippen molar-refractivity contribution in [1.29, 1.82) is 0 Å². The number of nitrogens with zero attached hydrogens (tertiary/aromatic N) is 2. The van der Waals surface area contributed by atoms with Crippen LogP contribution < -0.4 is 0 Å². The van der Waals surface area contributed by atoms with Gasteiger partial charge in [-0.05, 0) is 37.9 Å². The van der Waals surface area contributed by atoms with E-state index < -0.39 is 5.60 Å². The topological polar surface area (TPSA) is 36.4 Å². The molecule has 120 valence electrons. The summed E-state index contributed by atoms with van der Waals surface area (Å²) in [5.41, 5.74) is 0.0589. The number of rotatable bonds is 2. The number of piperidine rings is 1. The molecule has 0 aromatic carbocycles. The van der Waals surface area contributed by atoms with Crippen molar-refractivity contribution in [2.75, 3.05) is 13.1 Å². The molecule has 0 bridgehead atoms. The second-order valence-corrected chi connectivity index (χ2v) is 7.39. The van der Waals surface area contributed by atoms with Crippen LogP contribution >= 0.6 is 0 Å². The van der Waals surface area contributed by atoms with E-state index in [-0.39, 0.29) is 5.41 Å². The SMILES string of the molecule is CC(C)(C)C(C)(O)C#CCN1CCCC[C@H]1c1cccnc1. The number of hydrogen-bond donors (Lipinski definition) is 1. The average Bonchev–Trinajstić information content (AvgIpc) is 2.47. The van der Waals surface area contributed by atoms with Crippen molar-refractivity contribution < 1.29 is 5.11 Å². The van der Waals surface area contributed by atoms with Gasteiger partial charge in [0.15, 0.2) is 0 Å². The third-order valence-corrected chi connectivity index (χ3v) is 4.76. The third kappa shape index (κ3) is 4.09. The lowest BCUT2D eigenvalue weighted by Crippen LogP contribution is -2.38. The van der Waals surface area contributed by atoms with Crippen LogP contribution in [0.5, 0.6) is 0 Å². The predicted octanol–water partition coefficient (Wildman–Crippen LogP) is 3.41. The lowest BCUT2D eigenvalue weighted by Gasteiger charge is -2.35.